The van der Waals surface area contributed by atoms with E-state index in [0.717, 1.165) is 19.5 Å². The summed E-state index contributed by atoms with van der Waals surface area (Å²) in [5, 5.41) is 3.10. The van der Waals surface area contributed by atoms with Crippen molar-refractivity contribution in [3.8, 4) is 0 Å². The fraction of sp³-hybridized carbons (Fsp3) is 1.00. The molecule has 2 aliphatic rings. The van der Waals surface area contributed by atoms with Crippen LogP contribution in [0.2, 0.25) is 0 Å². The number of hydrogen-bond donors (Lipinski definition) is 1. The molecule has 0 bridgehead atoms. The summed E-state index contributed by atoms with van der Waals surface area (Å²) in [5.74, 6) is -2.34. The Kier molecular flexibility index (Phi) is 2.40. The molecule has 4 heteroatoms. The second-order valence-electron chi connectivity index (χ2n) is 3.32. The van der Waals surface area contributed by atoms with E-state index >= 15 is 0 Å². The van der Waals surface area contributed by atoms with Gasteiger partial charge in [-0.25, -0.2) is 8.78 Å². The van der Waals surface area contributed by atoms with E-state index in [2.05, 4.69) is 5.32 Å². The SMILES string of the molecule is Cl.FC1(F)CC1C1CCNC1. The molecule has 2 unspecified atom stereocenters. The molecule has 0 amide bonds. The summed E-state index contributed by atoms with van der Waals surface area (Å²) < 4.78 is 24.8. The zero-order valence-corrected chi connectivity index (χ0v) is 6.96. The van der Waals surface area contributed by atoms with Crippen molar-refractivity contribution in [2.45, 2.75) is 18.8 Å². The predicted octanol–water partition coefficient (Wildman–Crippen LogP) is 1.67. The van der Waals surface area contributed by atoms with E-state index in [-0.39, 0.29) is 30.7 Å². The van der Waals surface area contributed by atoms with Crippen LogP contribution in [-0.2, 0) is 0 Å². The highest BCUT2D eigenvalue weighted by atomic mass is 35.5. The fourth-order valence-electron chi connectivity index (χ4n) is 1.77. The number of rotatable bonds is 1. The largest absolute Gasteiger partial charge is 0.316 e. The highest BCUT2D eigenvalue weighted by molar-refractivity contribution is 5.85. The summed E-state index contributed by atoms with van der Waals surface area (Å²) in [6, 6.07) is 0. The zero-order valence-electron chi connectivity index (χ0n) is 6.15. The highest BCUT2D eigenvalue weighted by Crippen LogP contribution is 2.54. The molecule has 0 spiro atoms. The van der Waals surface area contributed by atoms with Gasteiger partial charge in [-0.1, -0.05) is 0 Å². The van der Waals surface area contributed by atoms with E-state index in [1.807, 2.05) is 0 Å². The molecular formula is C7H12ClF2N. The Balaban J connectivity index is 0.000000605. The van der Waals surface area contributed by atoms with Crippen LogP contribution in [0.15, 0.2) is 0 Å². The first-order chi connectivity index (χ1) is 4.70. The lowest BCUT2D eigenvalue weighted by molar-refractivity contribution is 0.0869. The van der Waals surface area contributed by atoms with Gasteiger partial charge in [0.1, 0.15) is 0 Å². The van der Waals surface area contributed by atoms with Crippen LogP contribution in [-0.4, -0.2) is 19.0 Å². The van der Waals surface area contributed by atoms with Crippen molar-refractivity contribution >= 4 is 12.4 Å². The second-order valence-corrected chi connectivity index (χ2v) is 3.32. The van der Waals surface area contributed by atoms with Crippen LogP contribution in [0, 0.1) is 11.8 Å². The second kappa shape index (κ2) is 2.87. The Hall–Kier alpha value is 0.110. The van der Waals surface area contributed by atoms with Gasteiger partial charge in [0.25, 0.3) is 5.92 Å². The van der Waals surface area contributed by atoms with Gasteiger partial charge >= 0.3 is 0 Å². The van der Waals surface area contributed by atoms with E-state index in [1.165, 1.54) is 0 Å². The monoisotopic (exact) mass is 183 g/mol. The van der Waals surface area contributed by atoms with Crippen LogP contribution in [0.3, 0.4) is 0 Å². The molecule has 0 aromatic rings. The minimum absolute atomic E-state index is 0. The minimum Gasteiger partial charge on any atom is -0.316 e. The van der Waals surface area contributed by atoms with E-state index < -0.39 is 5.92 Å². The summed E-state index contributed by atoms with van der Waals surface area (Å²) in [5.41, 5.74) is 0. The van der Waals surface area contributed by atoms with E-state index in [1.54, 1.807) is 0 Å². The molecule has 0 aromatic carbocycles. The molecule has 2 rings (SSSR count). The molecule has 0 radical (unpaired) electrons. The van der Waals surface area contributed by atoms with Crippen molar-refractivity contribution in [2.24, 2.45) is 11.8 Å². The Morgan fingerprint density at radius 1 is 1.36 bits per heavy atom. The lowest BCUT2D eigenvalue weighted by Crippen LogP contribution is -2.13. The summed E-state index contributed by atoms with van der Waals surface area (Å²) in [6.07, 6.45) is 1.08. The Labute approximate surface area is 71.0 Å². The fourth-order valence-corrected chi connectivity index (χ4v) is 1.77. The topological polar surface area (TPSA) is 12.0 Å². The van der Waals surface area contributed by atoms with Gasteiger partial charge in [-0.05, 0) is 25.4 Å². The van der Waals surface area contributed by atoms with Gasteiger partial charge in [0.2, 0.25) is 0 Å². The number of nitrogens with one attached hydrogen (secondary N) is 1. The maximum Gasteiger partial charge on any atom is 0.251 e. The average Bonchev–Trinajstić information content (AvgIpc) is 2.31. The molecule has 11 heavy (non-hydrogen) atoms. The lowest BCUT2D eigenvalue weighted by atomic mass is 10.0. The Bertz CT molecular complexity index is 143. The first-order valence-corrected chi connectivity index (χ1v) is 3.79. The summed E-state index contributed by atoms with van der Waals surface area (Å²) in [6.45, 7) is 1.73. The maximum absolute atomic E-state index is 12.4. The van der Waals surface area contributed by atoms with Crippen molar-refractivity contribution in [1.82, 2.24) is 5.32 Å². The maximum atomic E-state index is 12.4. The predicted molar refractivity (Wildman–Crippen MR) is 41.3 cm³/mol. The number of alkyl halides is 2. The van der Waals surface area contributed by atoms with Crippen molar-refractivity contribution in [3.63, 3.8) is 0 Å². The third-order valence-corrected chi connectivity index (χ3v) is 2.54. The van der Waals surface area contributed by atoms with Gasteiger partial charge in [-0.15, -0.1) is 12.4 Å². The molecule has 1 aliphatic carbocycles. The number of halogens is 3. The van der Waals surface area contributed by atoms with Crippen molar-refractivity contribution in [1.29, 1.82) is 0 Å². The van der Waals surface area contributed by atoms with Gasteiger partial charge in [0.15, 0.2) is 0 Å². The molecule has 2 atom stereocenters. The third kappa shape index (κ3) is 1.64. The third-order valence-electron chi connectivity index (χ3n) is 2.54. The summed E-state index contributed by atoms with van der Waals surface area (Å²) in [7, 11) is 0. The molecule has 66 valence electrons. The Morgan fingerprint density at radius 3 is 2.36 bits per heavy atom. The van der Waals surface area contributed by atoms with Gasteiger partial charge < -0.3 is 5.32 Å². The minimum atomic E-state index is -2.31. The standard InChI is InChI=1S/C7H11F2N.ClH/c8-7(9)3-6(7)5-1-2-10-4-5;/h5-6,10H,1-4H2;1H. The first-order valence-electron chi connectivity index (χ1n) is 3.79. The van der Waals surface area contributed by atoms with Crippen molar-refractivity contribution in [3.05, 3.63) is 0 Å². The van der Waals surface area contributed by atoms with Gasteiger partial charge in [0.05, 0.1) is 0 Å². The number of hydrogen-bond acceptors (Lipinski definition) is 1. The first kappa shape index (κ1) is 9.20. The smallest absolute Gasteiger partial charge is 0.251 e. The average molecular weight is 184 g/mol. The molecule has 1 N–H and O–H groups in total. The van der Waals surface area contributed by atoms with Gasteiger partial charge in [-0.3, -0.25) is 0 Å². The summed E-state index contributed by atoms with van der Waals surface area (Å²) in [4.78, 5) is 0. The van der Waals surface area contributed by atoms with Crippen LogP contribution in [0.25, 0.3) is 0 Å². The summed E-state index contributed by atoms with van der Waals surface area (Å²) >= 11 is 0. The molecule has 2 fully saturated rings. The lowest BCUT2D eigenvalue weighted by Gasteiger charge is -2.04. The van der Waals surface area contributed by atoms with Crippen molar-refractivity contribution in [2.75, 3.05) is 13.1 Å². The highest BCUT2D eigenvalue weighted by Gasteiger charge is 2.60. The van der Waals surface area contributed by atoms with Crippen LogP contribution < -0.4 is 5.32 Å². The van der Waals surface area contributed by atoms with E-state index in [9.17, 15) is 8.78 Å². The van der Waals surface area contributed by atoms with Gasteiger partial charge in [0, 0.05) is 12.3 Å². The van der Waals surface area contributed by atoms with E-state index in [4.69, 9.17) is 0 Å². The normalized spacial score (nSPS) is 39.8. The molecular weight excluding hydrogens is 172 g/mol. The molecule has 1 aliphatic heterocycles. The molecule has 0 aromatic heterocycles. The van der Waals surface area contributed by atoms with Crippen LogP contribution >= 0.6 is 12.4 Å². The molecule has 1 heterocycles. The molecule has 1 saturated carbocycles. The van der Waals surface area contributed by atoms with Crippen LogP contribution in [0.5, 0.6) is 0 Å². The van der Waals surface area contributed by atoms with Crippen LogP contribution in [0.4, 0.5) is 8.78 Å². The van der Waals surface area contributed by atoms with Crippen molar-refractivity contribution < 1.29 is 8.78 Å². The zero-order chi connectivity index (χ0) is 7.19. The quantitative estimate of drug-likeness (QED) is 0.652. The molecule has 1 saturated heterocycles. The van der Waals surface area contributed by atoms with Gasteiger partial charge in [-0.2, -0.15) is 0 Å². The molecule has 1 nitrogen and oxygen atoms in total. The Morgan fingerprint density at radius 2 is 2.00 bits per heavy atom. The van der Waals surface area contributed by atoms with E-state index in [0.29, 0.717) is 0 Å². The van der Waals surface area contributed by atoms with Crippen LogP contribution in [0.1, 0.15) is 12.8 Å².